The standard InChI is InChI=1S/C28H35ClN2O6/c1-3-13-35-22-12-10-20(15-24(22)34-2)27(28(33)30-21-7-5-4-6-8-21)31(26(32)16-29)17-19-9-11-23-25(14-19)37-18-36-23/h9-12,14-15,21,27H,3-8,13,16-18H2,1-2H3,(H,30,33)/t27-/m1/s1. The van der Waals surface area contributed by atoms with Gasteiger partial charge in [-0.25, -0.2) is 0 Å². The third-order valence-electron chi connectivity index (χ3n) is 6.70. The third kappa shape index (κ3) is 6.60. The molecule has 1 fully saturated rings. The molecule has 2 aliphatic rings. The van der Waals surface area contributed by atoms with Gasteiger partial charge in [0, 0.05) is 12.6 Å². The van der Waals surface area contributed by atoms with Gasteiger partial charge in [0.1, 0.15) is 11.9 Å². The van der Waals surface area contributed by atoms with Gasteiger partial charge in [-0.2, -0.15) is 0 Å². The van der Waals surface area contributed by atoms with Crippen LogP contribution in [-0.2, 0) is 16.1 Å². The zero-order valence-electron chi connectivity index (χ0n) is 21.5. The molecule has 0 radical (unpaired) electrons. The highest BCUT2D eigenvalue weighted by atomic mass is 35.5. The van der Waals surface area contributed by atoms with Crippen LogP contribution in [0.1, 0.15) is 62.6 Å². The number of nitrogens with zero attached hydrogens (tertiary/aromatic N) is 1. The van der Waals surface area contributed by atoms with Crippen molar-refractivity contribution in [2.75, 3.05) is 26.4 Å². The number of methoxy groups -OCH3 is 1. The smallest absolute Gasteiger partial charge is 0.247 e. The normalized spacial score (nSPS) is 15.6. The number of amides is 2. The summed E-state index contributed by atoms with van der Waals surface area (Å²) < 4.78 is 22.3. The lowest BCUT2D eigenvalue weighted by Gasteiger charge is -2.33. The average Bonchev–Trinajstić information content (AvgIpc) is 3.40. The van der Waals surface area contributed by atoms with Crippen LogP contribution in [0.15, 0.2) is 36.4 Å². The Kier molecular flexibility index (Phi) is 9.39. The van der Waals surface area contributed by atoms with Crippen LogP contribution in [0.4, 0.5) is 0 Å². The van der Waals surface area contributed by atoms with E-state index in [9.17, 15) is 9.59 Å². The number of rotatable bonds is 11. The number of hydrogen-bond acceptors (Lipinski definition) is 6. The van der Waals surface area contributed by atoms with Crippen LogP contribution in [0.25, 0.3) is 0 Å². The van der Waals surface area contributed by atoms with Gasteiger partial charge in [0.25, 0.3) is 0 Å². The van der Waals surface area contributed by atoms with Gasteiger partial charge in [0.05, 0.1) is 13.7 Å². The molecule has 0 aromatic heterocycles. The lowest BCUT2D eigenvalue weighted by atomic mass is 9.94. The van der Waals surface area contributed by atoms with Crippen molar-refractivity contribution in [1.29, 1.82) is 0 Å². The molecule has 2 aromatic rings. The van der Waals surface area contributed by atoms with E-state index < -0.39 is 6.04 Å². The molecular formula is C28H35ClN2O6. The Morgan fingerprint density at radius 1 is 1.08 bits per heavy atom. The number of carbonyl (C=O) groups excluding carboxylic acids is 2. The van der Waals surface area contributed by atoms with Gasteiger partial charge in [0.2, 0.25) is 18.6 Å². The molecule has 2 amide bonds. The number of ether oxygens (including phenoxy) is 4. The first-order chi connectivity index (χ1) is 18.0. The Balaban J connectivity index is 1.69. The van der Waals surface area contributed by atoms with Crippen molar-refractivity contribution < 1.29 is 28.5 Å². The molecule has 0 unspecified atom stereocenters. The summed E-state index contributed by atoms with van der Waals surface area (Å²) >= 11 is 6.06. The molecule has 1 atom stereocenters. The van der Waals surface area contributed by atoms with Crippen LogP contribution in [0, 0.1) is 0 Å². The quantitative estimate of drug-likeness (QED) is 0.413. The SMILES string of the molecule is CCCOc1ccc([C@H](C(=O)NC2CCCCC2)N(Cc2ccc3c(c2)OCO3)C(=O)CCl)cc1OC. The fraction of sp³-hybridized carbons (Fsp3) is 0.500. The number of nitrogens with one attached hydrogen (secondary N) is 1. The molecule has 0 saturated heterocycles. The predicted octanol–water partition coefficient (Wildman–Crippen LogP) is 4.97. The number of halogens is 1. The number of benzene rings is 2. The third-order valence-corrected chi connectivity index (χ3v) is 6.93. The Hall–Kier alpha value is -3.13. The molecular weight excluding hydrogens is 496 g/mol. The second-order valence-electron chi connectivity index (χ2n) is 9.35. The van der Waals surface area contributed by atoms with Gasteiger partial charge in [0.15, 0.2) is 23.0 Å². The minimum atomic E-state index is -0.910. The Morgan fingerprint density at radius 3 is 2.59 bits per heavy atom. The predicted molar refractivity (Wildman–Crippen MR) is 140 cm³/mol. The minimum Gasteiger partial charge on any atom is -0.493 e. The zero-order chi connectivity index (χ0) is 26.2. The minimum absolute atomic E-state index is 0.0799. The first-order valence-corrected chi connectivity index (χ1v) is 13.4. The summed E-state index contributed by atoms with van der Waals surface area (Å²) in [5.41, 5.74) is 1.42. The second kappa shape index (κ2) is 12.9. The molecule has 0 spiro atoms. The Bertz CT molecular complexity index is 1090. The molecule has 1 saturated carbocycles. The first kappa shape index (κ1) is 26.9. The summed E-state index contributed by atoms with van der Waals surface area (Å²) in [6.45, 7) is 2.89. The maximum Gasteiger partial charge on any atom is 0.247 e. The largest absolute Gasteiger partial charge is 0.493 e. The highest BCUT2D eigenvalue weighted by Gasteiger charge is 2.33. The van der Waals surface area contributed by atoms with E-state index in [4.69, 9.17) is 30.5 Å². The molecule has 37 heavy (non-hydrogen) atoms. The lowest BCUT2D eigenvalue weighted by molar-refractivity contribution is -0.140. The van der Waals surface area contributed by atoms with Crippen molar-refractivity contribution in [2.24, 2.45) is 0 Å². The van der Waals surface area contributed by atoms with Gasteiger partial charge >= 0.3 is 0 Å². The van der Waals surface area contributed by atoms with Crippen LogP contribution in [0.5, 0.6) is 23.0 Å². The zero-order valence-corrected chi connectivity index (χ0v) is 22.2. The molecule has 2 aromatic carbocycles. The summed E-state index contributed by atoms with van der Waals surface area (Å²) in [7, 11) is 1.56. The number of carbonyl (C=O) groups is 2. The van der Waals surface area contributed by atoms with Gasteiger partial charge in [-0.1, -0.05) is 38.3 Å². The van der Waals surface area contributed by atoms with Crippen LogP contribution in [-0.4, -0.2) is 49.1 Å². The average molecular weight is 531 g/mol. The highest BCUT2D eigenvalue weighted by molar-refractivity contribution is 6.27. The Labute approximate surface area is 223 Å². The monoisotopic (exact) mass is 530 g/mol. The van der Waals surface area contributed by atoms with Gasteiger partial charge in [-0.05, 0) is 54.7 Å². The van der Waals surface area contributed by atoms with Crippen LogP contribution >= 0.6 is 11.6 Å². The van der Waals surface area contributed by atoms with Crippen LogP contribution < -0.4 is 24.3 Å². The molecule has 8 nitrogen and oxygen atoms in total. The molecule has 9 heteroatoms. The molecule has 0 bridgehead atoms. The van der Waals surface area contributed by atoms with E-state index in [0.717, 1.165) is 37.7 Å². The fourth-order valence-corrected chi connectivity index (χ4v) is 4.98. The summed E-state index contributed by atoms with van der Waals surface area (Å²) in [5, 5.41) is 3.20. The molecule has 1 N–H and O–H groups in total. The Morgan fingerprint density at radius 2 is 1.86 bits per heavy atom. The first-order valence-electron chi connectivity index (χ1n) is 12.9. The second-order valence-corrected chi connectivity index (χ2v) is 9.61. The fourth-order valence-electron chi connectivity index (χ4n) is 4.82. The van der Waals surface area contributed by atoms with E-state index in [-0.39, 0.29) is 37.1 Å². The van der Waals surface area contributed by atoms with Crippen molar-refractivity contribution >= 4 is 23.4 Å². The topological polar surface area (TPSA) is 86.3 Å². The van der Waals surface area contributed by atoms with E-state index in [1.54, 1.807) is 25.3 Å². The molecule has 1 aliphatic carbocycles. The highest BCUT2D eigenvalue weighted by Crippen LogP contribution is 2.36. The maximum atomic E-state index is 13.8. The molecule has 200 valence electrons. The van der Waals surface area contributed by atoms with Gasteiger partial charge in [-0.3, -0.25) is 9.59 Å². The number of hydrogen-bond donors (Lipinski definition) is 1. The van der Waals surface area contributed by atoms with Crippen LogP contribution in [0.2, 0.25) is 0 Å². The van der Waals surface area contributed by atoms with E-state index >= 15 is 0 Å². The maximum absolute atomic E-state index is 13.8. The summed E-state index contributed by atoms with van der Waals surface area (Å²) in [6.07, 6.45) is 6.04. The van der Waals surface area contributed by atoms with E-state index in [1.807, 2.05) is 25.1 Å². The van der Waals surface area contributed by atoms with Crippen molar-refractivity contribution in [3.63, 3.8) is 0 Å². The molecule has 4 rings (SSSR count). The van der Waals surface area contributed by atoms with E-state index in [0.29, 0.717) is 35.2 Å². The van der Waals surface area contributed by atoms with Crippen LogP contribution in [0.3, 0.4) is 0 Å². The van der Waals surface area contributed by atoms with E-state index in [1.165, 1.54) is 11.3 Å². The van der Waals surface area contributed by atoms with Gasteiger partial charge in [-0.15, -0.1) is 11.6 Å². The number of alkyl halides is 1. The molecule has 1 heterocycles. The van der Waals surface area contributed by atoms with Gasteiger partial charge < -0.3 is 29.2 Å². The van der Waals surface area contributed by atoms with Crippen molar-refractivity contribution in [2.45, 2.75) is 64.1 Å². The van der Waals surface area contributed by atoms with Crippen molar-refractivity contribution in [1.82, 2.24) is 10.2 Å². The molecule has 1 aliphatic heterocycles. The summed E-state index contributed by atoms with van der Waals surface area (Å²) in [5.74, 6) is 1.50. The van der Waals surface area contributed by atoms with E-state index in [2.05, 4.69) is 5.32 Å². The van der Waals surface area contributed by atoms with Crippen molar-refractivity contribution in [3.05, 3.63) is 47.5 Å². The lowest BCUT2D eigenvalue weighted by Crippen LogP contribution is -2.47. The van der Waals surface area contributed by atoms with Crippen molar-refractivity contribution in [3.8, 4) is 23.0 Å². The summed E-state index contributed by atoms with van der Waals surface area (Å²) in [6, 6.07) is 10.0. The number of fused-ring (bicyclic) bond motifs is 1. The summed E-state index contributed by atoms with van der Waals surface area (Å²) in [4.78, 5) is 28.6.